The quantitative estimate of drug-likeness (QED) is 0.868. The van der Waals surface area contributed by atoms with Crippen molar-refractivity contribution in [1.29, 1.82) is 0 Å². The molecule has 0 aliphatic heterocycles. The number of hydrogen-bond donors (Lipinski definition) is 2. The van der Waals surface area contributed by atoms with Crippen LogP contribution in [0, 0.1) is 13.8 Å². The highest BCUT2D eigenvalue weighted by atomic mass is 16.3. The minimum absolute atomic E-state index is 0.127. The molecule has 1 amide bonds. The zero-order valence-electron chi connectivity index (χ0n) is 10.3. The van der Waals surface area contributed by atoms with E-state index in [9.17, 15) is 9.90 Å². The van der Waals surface area contributed by atoms with Gasteiger partial charge in [0.1, 0.15) is 11.5 Å². The van der Waals surface area contributed by atoms with E-state index in [1.54, 1.807) is 26.0 Å². The van der Waals surface area contributed by atoms with Gasteiger partial charge >= 0.3 is 0 Å². The maximum atomic E-state index is 11.8. The van der Waals surface area contributed by atoms with E-state index >= 15 is 0 Å². The van der Waals surface area contributed by atoms with Crippen LogP contribution in [0.4, 0.5) is 0 Å². The van der Waals surface area contributed by atoms with Crippen molar-refractivity contribution in [2.45, 2.75) is 20.0 Å². The van der Waals surface area contributed by atoms with Crippen LogP contribution in [-0.2, 0) is 0 Å². The Morgan fingerprint density at radius 2 is 2.28 bits per heavy atom. The van der Waals surface area contributed by atoms with Gasteiger partial charge in [-0.1, -0.05) is 0 Å². The van der Waals surface area contributed by atoms with Gasteiger partial charge in [0.25, 0.3) is 5.91 Å². The second kappa shape index (κ2) is 5.10. The molecule has 0 saturated heterocycles. The zero-order chi connectivity index (χ0) is 13.1. The van der Waals surface area contributed by atoms with Crippen molar-refractivity contribution in [2.75, 3.05) is 6.54 Å². The first-order chi connectivity index (χ1) is 8.58. The molecule has 18 heavy (non-hydrogen) atoms. The highest BCUT2D eigenvalue weighted by Crippen LogP contribution is 2.15. The van der Waals surface area contributed by atoms with Crippen LogP contribution in [0.5, 0.6) is 0 Å². The molecule has 0 aliphatic carbocycles. The molecule has 0 aromatic carbocycles. The Balaban J connectivity index is 1.94. The van der Waals surface area contributed by atoms with Gasteiger partial charge < -0.3 is 19.3 Å². The van der Waals surface area contributed by atoms with Gasteiger partial charge in [0.05, 0.1) is 24.2 Å². The molecule has 0 aliphatic rings. The summed E-state index contributed by atoms with van der Waals surface area (Å²) in [7, 11) is 0. The second-order valence-electron chi connectivity index (χ2n) is 4.11. The Morgan fingerprint density at radius 1 is 1.50 bits per heavy atom. The Bertz CT molecular complexity index is 527. The lowest BCUT2D eigenvalue weighted by Gasteiger charge is -2.09. The number of furan rings is 2. The molecule has 5 nitrogen and oxygen atoms in total. The van der Waals surface area contributed by atoms with Crippen LogP contribution >= 0.6 is 0 Å². The minimum Gasteiger partial charge on any atom is -0.472 e. The summed E-state index contributed by atoms with van der Waals surface area (Å²) in [5.74, 6) is 1.00. The number of aliphatic hydroxyl groups is 1. The van der Waals surface area contributed by atoms with Crippen LogP contribution in [-0.4, -0.2) is 17.6 Å². The molecular formula is C13H15NO4. The van der Waals surface area contributed by atoms with Crippen LogP contribution in [0.1, 0.15) is 33.5 Å². The molecule has 2 aromatic rings. The third kappa shape index (κ3) is 2.62. The summed E-state index contributed by atoms with van der Waals surface area (Å²) >= 11 is 0. The zero-order valence-corrected chi connectivity index (χ0v) is 10.3. The van der Waals surface area contributed by atoms with Gasteiger partial charge in [-0.05, 0) is 26.0 Å². The average molecular weight is 249 g/mol. The van der Waals surface area contributed by atoms with Crippen LogP contribution < -0.4 is 5.32 Å². The number of carbonyl (C=O) groups excluding carboxylic acids is 1. The lowest BCUT2D eigenvalue weighted by Crippen LogP contribution is -2.28. The van der Waals surface area contributed by atoms with Gasteiger partial charge in [-0.3, -0.25) is 4.79 Å². The van der Waals surface area contributed by atoms with Gasteiger partial charge in [-0.15, -0.1) is 0 Å². The molecule has 2 heterocycles. The molecule has 0 fully saturated rings. The molecule has 2 rings (SSSR count). The predicted octanol–water partition coefficient (Wildman–Crippen LogP) is 1.95. The van der Waals surface area contributed by atoms with E-state index in [-0.39, 0.29) is 12.5 Å². The van der Waals surface area contributed by atoms with Gasteiger partial charge in [0.15, 0.2) is 0 Å². The third-order valence-corrected chi connectivity index (χ3v) is 2.67. The van der Waals surface area contributed by atoms with Crippen molar-refractivity contribution in [1.82, 2.24) is 5.32 Å². The van der Waals surface area contributed by atoms with Crippen molar-refractivity contribution in [2.24, 2.45) is 0 Å². The number of aryl methyl sites for hydroxylation is 2. The molecular weight excluding hydrogens is 234 g/mol. The van der Waals surface area contributed by atoms with E-state index in [1.165, 1.54) is 12.5 Å². The highest BCUT2D eigenvalue weighted by molar-refractivity contribution is 5.95. The SMILES string of the molecule is Cc1cc(C(=O)NC[C@H](O)c2ccoc2)c(C)o1. The topological polar surface area (TPSA) is 75.6 Å². The molecule has 5 heteroatoms. The summed E-state index contributed by atoms with van der Waals surface area (Å²) in [6, 6.07) is 3.33. The Hall–Kier alpha value is -2.01. The maximum absolute atomic E-state index is 11.8. The van der Waals surface area contributed by atoms with Gasteiger partial charge in [0, 0.05) is 12.1 Å². The summed E-state index contributed by atoms with van der Waals surface area (Å²) in [5, 5.41) is 12.4. The van der Waals surface area contributed by atoms with Gasteiger partial charge in [-0.25, -0.2) is 0 Å². The largest absolute Gasteiger partial charge is 0.472 e. The molecule has 1 atom stereocenters. The number of rotatable bonds is 4. The lowest BCUT2D eigenvalue weighted by atomic mass is 10.2. The minimum atomic E-state index is -0.777. The van der Waals surface area contributed by atoms with Crippen molar-refractivity contribution in [3.8, 4) is 0 Å². The maximum Gasteiger partial charge on any atom is 0.254 e. The number of hydrogen-bond acceptors (Lipinski definition) is 4. The van der Waals surface area contributed by atoms with E-state index in [2.05, 4.69) is 5.32 Å². The Kier molecular flexibility index (Phi) is 3.53. The summed E-state index contributed by atoms with van der Waals surface area (Å²) in [6.45, 7) is 3.64. The first-order valence-corrected chi connectivity index (χ1v) is 5.63. The third-order valence-electron chi connectivity index (χ3n) is 2.67. The normalized spacial score (nSPS) is 12.4. The molecule has 0 saturated carbocycles. The van der Waals surface area contributed by atoms with Crippen molar-refractivity contribution in [3.63, 3.8) is 0 Å². The number of aliphatic hydroxyl groups excluding tert-OH is 1. The molecule has 0 unspecified atom stereocenters. The summed E-state index contributed by atoms with van der Waals surface area (Å²) in [4.78, 5) is 11.8. The number of carbonyl (C=O) groups is 1. The van der Waals surface area contributed by atoms with E-state index in [1.807, 2.05) is 0 Å². The van der Waals surface area contributed by atoms with Crippen LogP contribution in [0.3, 0.4) is 0 Å². The van der Waals surface area contributed by atoms with Crippen molar-refractivity contribution in [3.05, 3.63) is 47.3 Å². The molecule has 0 radical (unpaired) electrons. The lowest BCUT2D eigenvalue weighted by molar-refractivity contribution is 0.0914. The Labute approximate surface area is 104 Å². The summed E-state index contributed by atoms with van der Waals surface area (Å²) in [6.07, 6.45) is 2.15. The Morgan fingerprint density at radius 3 is 2.83 bits per heavy atom. The fraction of sp³-hybridized carbons (Fsp3) is 0.308. The molecule has 2 N–H and O–H groups in total. The van der Waals surface area contributed by atoms with Crippen molar-refractivity contribution < 1.29 is 18.7 Å². The first kappa shape index (κ1) is 12.4. The summed E-state index contributed by atoms with van der Waals surface area (Å²) < 4.78 is 10.1. The van der Waals surface area contributed by atoms with Crippen molar-refractivity contribution >= 4 is 5.91 Å². The average Bonchev–Trinajstić information content (AvgIpc) is 2.95. The van der Waals surface area contributed by atoms with E-state index in [4.69, 9.17) is 8.83 Å². The van der Waals surface area contributed by atoms with E-state index in [0.29, 0.717) is 22.6 Å². The molecule has 0 spiro atoms. The van der Waals surface area contributed by atoms with Crippen LogP contribution in [0.15, 0.2) is 33.5 Å². The summed E-state index contributed by atoms with van der Waals surface area (Å²) in [5.41, 5.74) is 1.13. The van der Waals surface area contributed by atoms with Gasteiger partial charge in [-0.2, -0.15) is 0 Å². The first-order valence-electron chi connectivity index (χ1n) is 5.63. The molecule has 96 valence electrons. The molecule has 2 aromatic heterocycles. The van der Waals surface area contributed by atoms with Gasteiger partial charge in [0.2, 0.25) is 0 Å². The van der Waals surface area contributed by atoms with E-state index < -0.39 is 6.10 Å². The standard InChI is InChI=1S/C13H15NO4/c1-8-5-11(9(2)18-8)13(16)14-6-12(15)10-3-4-17-7-10/h3-5,7,12,15H,6H2,1-2H3,(H,14,16)/t12-/m0/s1. The van der Waals surface area contributed by atoms with Crippen LogP contribution in [0.25, 0.3) is 0 Å². The number of nitrogens with one attached hydrogen (secondary N) is 1. The smallest absolute Gasteiger partial charge is 0.254 e. The number of amides is 1. The van der Waals surface area contributed by atoms with Crippen LogP contribution in [0.2, 0.25) is 0 Å². The fourth-order valence-electron chi connectivity index (χ4n) is 1.72. The highest BCUT2D eigenvalue weighted by Gasteiger charge is 2.15. The second-order valence-corrected chi connectivity index (χ2v) is 4.11. The molecule has 0 bridgehead atoms. The fourth-order valence-corrected chi connectivity index (χ4v) is 1.72. The predicted molar refractivity (Wildman–Crippen MR) is 64.2 cm³/mol. The monoisotopic (exact) mass is 249 g/mol. The van der Waals surface area contributed by atoms with E-state index in [0.717, 1.165) is 0 Å².